The van der Waals surface area contributed by atoms with Crippen LogP contribution < -0.4 is 5.32 Å². The van der Waals surface area contributed by atoms with E-state index in [9.17, 15) is 22.8 Å². The third-order valence-electron chi connectivity index (χ3n) is 2.79. The fourth-order valence-corrected chi connectivity index (χ4v) is 2.50. The molecule has 0 bridgehead atoms. The van der Waals surface area contributed by atoms with E-state index in [1.807, 2.05) is 5.32 Å². The van der Waals surface area contributed by atoms with E-state index in [0.29, 0.717) is 0 Å². The summed E-state index contributed by atoms with van der Waals surface area (Å²) in [6, 6.07) is -1.26. The van der Waals surface area contributed by atoms with Crippen molar-refractivity contribution in [2.75, 3.05) is 0 Å². The molecule has 2 N–H and O–H groups in total. The highest BCUT2D eigenvalue weighted by molar-refractivity contribution is 7.12. The maximum atomic E-state index is 13.1. The van der Waals surface area contributed by atoms with Crippen LogP contribution in [0.15, 0.2) is 23.8 Å². The second-order valence-electron chi connectivity index (χ2n) is 4.35. The van der Waals surface area contributed by atoms with Crippen molar-refractivity contribution in [2.24, 2.45) is 7.05 Å². The summed E-state index contributed by atoms with van der Waals surface area (Å²) < 4.78 is 40.5. The number of carbonyl (C=O) groups is 2. The van der Waals surface area contributed by atoms with Crippen molar-refractivity contribution in [3.63, 3.8) is 0 Å². The maximum Gasteiger partial charge on any atom is 0.415 e. The average Bonchev–Trinajstić information content (AvgIpc) is 3.03. The molecule has 0 aliphatic rings. The van der Waals surface area contributed by atoms with E-state index >= 15 is 0 Å². The van der Waals surface area contributed by atoms with Gasteiger partial charge in [0, 0.05) is 24.8 Å². The summed E-state index contributed by atoms with van der Waals surface area (Å²) in [5.41, 5.74) is -0.157. The molecule has 1 unspecified atom stereocenters. The van der Waals surface area contributed by atoms with Crippen LogP contribution in [0.25, 0.3) is 0 Å². The normalized spacial score (nSPS) is 12.9. The van der Waals surface area contributed by atoms with Crippen LogP contribution in [0.2, 0.25) is 0 Å². The number of halogens is 3. The SMILES string of the molecule is Cn1ccnc1C(NC(=O)c1cc(C(=O)O)cs1)C(F)(F)F. The van der Waals surface area contributed by atoms with E-state index in [0.717, 1.165) is 22.0 Å². The van der Waals surface area contributed by atoms with Crippen LogP contribution in [0.5, 0.6) is 0 Å². The summed E-state index contributed by atoms with van der Waals surface area (Å²) in [6.45, 7) is 0. The number of hydrogen-bond donors (Lipinski definition) is 2. The molecule has 0 aliphatic heterocycles. The Bertz CT molecular complexity index is 708. The molecular weight excluding hydrogens is 323 g/mol. The molecule has 0 saturated carbocycles. The Balaban J connectivity index is 2.25. The smallest absolute Gasteiger partial charge is 0.415 e. The van der Waals surface area contributed by atoms with Crippen LogP contribution in [0.1, 0.15) is 31.9 Å². The highest BCUT2D eigenvalue weighted by atomic mass is 32.1. The van der Waals surface area contributed by atoms with Gasteiger partial charge in [-0.15, -0.1) is 11.3 Å². The summed E-state index contributed by atoms with van der Waals surface area (Å²) in [7, 11) is 1.38. The number of carboxylic acids is 1. The number of aryl methyl sites for hydroxylation is 1. The fraction of sp³-hybridized carbons (Fsp3) is 0.250. The minimum absolute atomic E-state index is 0.124. The first-order valence-corrected chi connectivity index (χ1v) is 6.74. The van der Waals surface area contributed by atoms with Gasteiger partial charge < -0.3 is 15.0 Å². The van der Waals surface area contributed by atoms with Gasteiger partial charge in [-0.3, -0.25) is 4.79 Å². The lowest BCUT2D eigenvalue weighted by atomic mass is 10.2. The zero-order valence-corrected chi connectivity index (χ0v) is 11.9. The highest BCUT2D eigenvalue weighted by Gasteiger charge is 2.44. The van der Waals surface area contributed by atoms with Gasteiger partial charge in [0.1, 0.15) is 5.82 Å². The zero-order valence-electron chi connectivity index (χ0n) is 11.1. The maximum absolute atomic E-state index is 13.1. The molecule has 1 atom stereocenters. The van der Waals surface area contributed by atoms with Gasteiger partial charge in [0.2, 0.25) is 0 Å². The first-order chi connectivity index (χ1) is 10.2. The summed E-state index contributed by atoms with van der Waals surface area (Å²) >= 11 is 0.753. The Morgan fingerprint density at radius 1 is 1.45 bits per heavy atom. The van der Waals surface area contributed by atoms with E-state index in [4.69, 9.17) is 5.11 Å². The number of alkyl halides is 3. The molecule has 2 rings (SSSR count). The van der Waals surface area contributed by atoms with Gasteiger partial charge in [-0.05, 0) is 6.07 Å². The summed E-state index contributed by atoms with van der Waals surface area (Å²) in [5, 5.41) is 11.8. The lowest BCUT2D eigenvalue weighted by Gasteiger charge is -2.20. The second kappa shape index (κ2) is 5.79. The van der Waals surface area contributed by atoms with Gasteiger partial charge in [-0.1, -0.05) is 0 Å². The van der Waals surface area contributed by atoms with Crippen LogP contribution >= 0.6 is 11.3 Å². The van der Waals surface area contributed by atoms with Gasteiger partial charge >= 0.3 is 12.1 Å². The number of aromatic carboxylic acids is 1. The fourth-order valence-electron chi connectivity index (χ4n) is 1.72. The highest BCUT2D eigenvalue weighted by Crippen LogP contribution is 2.32. The molecular formula is C12H10F3N3O3S. The van der Waals surface area contributed by atoms with E-state index in [1.54, 1.807) is 0 Å². The number of thiophene rings is 1. The Kier molecular flexibility index (Phi) is 4.22. The molecule has 0 fully saturated rings. The van der Waals surface area contributed by atoms with Crippen LogP contribution in [-0.2, 0) is 7.05 Å². The largest absolute Gasteiger partial charge is 0.478 e. The van der Waals surface area contributed by atoms with Crippen molar-refractivity contribution in [1.82, 2.24) is 14.9 Å². The van der Waals surface area contributed by atoms with Crippen molar-refractivity contribution in [1.29, 1.82) is 0 Å². The van der Waals surface area contributed by atoms with Crippen LogP contribution in [0.4, 0.5) is 13.2 Å². The first-order valence-electron chi connectivity index (χ1n) is 5.86. The number of carboxylic acid groups (broad SMARTS) is 1. The predicted octanol–water partition coefficient (Wildman–Crippen LogP) is 2.21. The molecule has 1 amide bonds. The van der Waals surface area contributed by atoms with Gasteiger partial charge in [-0.2, -0.15) is 13.2 Å². The monoisotopic (exact) mass is 333 g/mol. The Morgan fingerprint density at radius 2 is 2.14 bits per heavy atom. The van der Waals surface area contributed by atoms with Crippen molar-refractivity contribution >= 4 is 23.2 Å². The van der Waals surface area contributed by atoms with Crippen LogP contribution in [0.3, 0.4) is 0 Å². The Hall–Kier alpha value is -2.36. The standard InChI is InChI=1S/C12H10F3N3O3S/c1-18-3-2-16-9(18)8(12(13,14)15)17-10(19)7-4-6(5-22-7)11(20)21/h2-5,8H,1H3,(H,17,19)(H,20,21). The number of amides is 1. The number of nitrogens with one attached hydrogen (secondary N) is 1. The lowest BCUT2D eigenvalue weighted by molar-refractivity contribution is -0.157. The third kappa shape index (κ3) is 3.27. The Morgan fingerprint density at radius 3 is 2.59 bits per heavy atom. The minimum atomic E-state index is -4.73. The molecule has 2 heterocycles. The number of carbonyl (C=O) groups excluding carboxylic acids is 1. The molecule has 22 heavy (non-hydrogen) atoms. The van der Waals surface area contributed by atoms with Gasteiger partial charge in [0.15, 0.2) is 6.04 Å². The number of hydrogen-bond acceptors (Lipinski definition) is 4. The molecule has 0 saturated heterocycles. The van der Waals surface area contributed by atoms with E-state index in [2.05, 4.69) is 4.98 Å². The van der Waals surface area contributed by atoms with Gasteiger partial charge in [0.05, 0.1) is 10.4 Å². The van der Waals surface area contributed by atoms with Gasteiger partial charge in [-0.25, -0.2) is 9.78 Å². The van der Waals surface area contributed by atoms with E-state index < -0.39 is 24.1 Å². The molecule has 0 radical (unpaired) electrons. The topological polar surface area (TPSA) is 84.2 Å². The molecule has 6 nitrogen and oxygen atoms in total. The van der Waals surface area contributed by atoms with Crippen LogP contribution in [0, 0.1) is 0 Å². The van der Waals surface area contributed by atoms with Crippen molar-refractivity contribution in [3.05, 3.63) is 40.1 Å². The average molecular weight is 333 g/mol. The van der Waals surface area contributed by atoms with Crippen molar-refractivity contribution in [2.45, 2.75) is 12.2 Å². The summed E-state index contributed by atoms with van der Waals surface area (Å²) in [5.74, 6) is -2.63. The molecule has 118 valence electrons. The molecule has 10 heteroatoms. The summed E-state index contributed by atoms with van der Waals surface area (Å²) in [6.07, 6.45) is -2.22. The second-order valence-corrected chi connectivity index (χ2v) is 5.26. The number of imidazole rings is 1. The van der Waals surface area contributed by atoms with E-state index in [-0.39, 0.29) is 16.3 Å². The number of aromatic nitrogens is 2. The molecule has 0 aromatic carbocycles. The van der Waals surface area contributed by atoms with Crippen molar-refractivity contribution in [3.8, 4) is 0 Å². The van der Waals surface area contributed by atoms with Gasteiger partial charge in [0.25, 0.3) is 5.91 Å². The number of rotatable bonds is 4. The Labute approximate surface area is 126 Å². The molecule has 0 aliphatic carbocycles. The van der Waals surface area contributed by atoms with Crippen molar-refractivity contribution < 1.29 is 27.9 Å². The number of nitrogens with zero attached hydrogens (tertiary/aromatic N) is 2. The molecule has 2 aromatic rings. The minimum Gasteiger partial charge on any atom is -0.478 e. The first kappa shape index (κ1) is 16.0. The third-order valence-corrected chi connectivity index (χ3v) is 3.72. The lowest BCUT2D eigenvalue weighted by Crippen LogP contribution is -2.39. The van der Waals surface area contributed by atoms with Crippen LogP contribution in [-0.4, -0.2) is 32.7 Å². The summed E-state index contributed by atoms with van der Waals surface area (Å²) in [4.78, 5) is 26.1. The zero-order chi connectivity index (χ0) is 16.5. The molecule has 0 spiro atoms. The molecule has 2 aromatic heterocycles. The predicted molar refractivity (Wildman–Crippen MR) is 70.7 cm³/mol. The van der Waals surface area contributed by atoms with E-state index in [1.165, 1.54) is 24.8 Å². The quantitative estimate of drug-likeness (QED) is 0.898.